The Hall–Kier alpha value is -2.68. The molecule has 2 aromatic carbocycles. The normalized spacial score (nSPS) is 13.3. The van der Waals surface area contributed by atoms with Crippen molar-refractivity contribution in [3.8, 4) is 22.6 Å². The maximum absolute atomic E-state index is 5.36. The van der Waals surface area contributed by atoms with Gasteiger partial charge in [0.05, 0.1) is 14.2 Å². The molecule has 0 atom stereocenters. The lowest BCUT2D eigenvalue weighted by atomic mass is 10.0. The van der Waals surface area contributed by atoms with Crippen molar-refractivity contribution in [2.24, 2.45) is 0 Å². The lowest BCUT2D eigenvalue weighted by molar-refractivity contribution is 0.355. The number of rotatable bonds is 4. The van der Waals surface area contributed by atoms with Gasteiger partial charge in [0.2, 0.25) is 0 Å². The number of allylic oxidation sites excluding steroid dienone is 2. The summed E-state index contributed by atoms with van der Waals surface area (Å²) in [5.41, 5.74) is 4.49. The summed E-state index contributed by atoms with van der Waals surface area (Å²) in [5.74, 6) is 1.47. The van der Waals surface area contributed by atoms with Gasteiger partial charge in [-0.25, -0.2) is 0 Å². The van der Waals surface area contributed by atoms with Gasteiger partial charge >= 0.3 is 0 Å². The SMILES string of the molecule is COc1ccc(-c2ccc(C3=C[C]=CCN3)cc2)cc1OC. The Labute approximate surface area is 130 Å². The van der Waals surface area contributed by atoms with Crippen LogP contribution in [0.1, 0.15) is 5.56 Å². The number of methoxy groups -OCH3 is 2. The van der Waals surface area contributed by atoms with E-state index >= 15 is 0 Å². The number of benzene rings is 2. The molecule has 1 aliphatic heterocycles. The van der Waals surface area contributed by atoms with Crippen LogP contribution >= 0.6 is 0 Å². The lowest BCUT2D eigenvalue weighted by Crippen LogP contribution is -2.14. The van der Waals surface area contributed by atoms with Crippen LogP contribution in [0.15, 0.2) is 54.6 Å². The highest BCUT2D eigenvalue weighted by Crippen LogP contribution is 2.32. The molecule has 3 rings (SSSR count). The van der Waals surface area contributed by atoms with E-state index in [0.29, 0.717) is 0 Å². The van der Waals surface area contributed by atoms with Crippen LogP contribution in [0.5, 0.6) is 11.5 Å². The number of dihydropyridines is 1. The summed E-state index contributed by atoms with van der Waals surface area (Å²) in [6, 6.07) is 14.4. The molecule has 22 heavy (non-hydrogen) atoms. The quantitative estimate of drug-likeness (QED) is 0.932. The monoisotopic (exact) mass is 292 g/mol. The molecule has 1 aliphatic rings. The molecule has 0 spiro atoms. The number of hydrogen-bond donors (Lipinski definition) is 1. The van der Waals surface area contributed by atoms with E-state index in [1.807, 2.05) is 30.4 Å². The van der Waals surface area contributed by atoms with Crippen LogP contribution in [0.2, 0.25) is 0 Å². The highest BCUT2D eigenvalue weighted by molar-refractivity contribution is 5.72. The number of hydrogen-bond acceptors (Lipinski definition) is 3. The van der Waals surface area contributed by atoms with Gasteiger partial charge < -0.3 is 14.8 Å². The van der Waals surface area contributed by atoms with Crippen LogP contribution in [-0.2, 0) is 0 Å². The molecule has 1 heterocycles. The average molecular weight is 292 g/mol. The van der Waals surface area contributed by atoms with Crippen molar-refractivity contribution >= 4 is 5.70 Å². The molecular weight excluding hydrogens is 274 g/mol. The zero-order valence-corrected chi connectivity index (χ0v) is 12.7. The second-order valence-electron chi connectivity index (χ2n) is 4.96. The summed E-state index contributed by atoms with van der Waals surface area (Å²) in [4.78, 5) is 0. The van der Waals surface area contributed by atoms with Crippen LogP contribution in [-0.4, -0.2) is 20.8 Å². The minimum absolute atomic E-state index is 0.737. The molecule has 0 unspecified atom stereocenters. The summed E-state index contributed by atoms with van der Waals surface area (Å²) in [5, 5.41) is 3.33. The fraction of sp³-hybridized carbons (Fsp3) is 0.158. The molecule has 1 radical (unpaired) electrons. The Morgan fingerprint density at radius 2 is 1.55 bits per heavy atom. The second kappa shape index (κ2) is 6.39. The molecule has 2 aromatic rings. The average Bonchev–Trinajstić information content (AvgIpc) is 2.62. The predicted molar refractivity (Wildman–Crippen MR) is 88.8 cm³/mol. The molecule has 3 nitrogen and oxygen atoms in total. The lowest BCUT2D eigenvalue weighted by Gasteiger charge is -2.13. The molecule has 0 amide bonds. The third kappa shape index (κ3) is 2.84. The van der Waals surface area contributed by atoms with Gasteiger partial charge in [0, 0.05) is 12.2 Å². The Morgan fingerprint density at radius 1 is 0.864 bits per heavy atom. The van der Waals surface area contributed by atoms with E-state index < -0.39 is 0 Å². The molecule has 0 saturated carbocycles. The second-order valence-corrected chi connectivity index (χ2v) is 4.96. The van der Waals surface area contributed by atoms with Crippen LogP contribution < -0.4 is 14.8 Å². The summed E-state index contributed by atoms with van der Waals surface area (Å²) >= 11 is 0. The third-order valence-electron chi connectivity index (χ3n) is 3.65. The van der Waals surface area contributed by atoms with E-state index in [0.717, 1.165) is 40.4 Å². The van der Waals surface area contributed by atoms with Crippen molar-refractivity contribution in [3.63, 3.8) is 0 Å². The minimum Gasteiger partial charge on any atom is -0.493 e. The Bertz CT molecular complexity index is 715. The van der Waals surface area contributed by atoms with Gasteiger partial charge in [-0.2, -0.15) is 0 Å². The van der Waals surface area contributed by atoms with Crippen molar-refractivity contribution < 1.29 is 9.47 Å². The van der Waals surface area contributed by atoms with Crippen molar-refractivity contribution in [1.29, 1.82) is 0 Å². The smallest absolute Gasteiger partial charge is 0.161 e. The summed E-state index contributed by atoms with van der Waals surface area (Å²) in [6.45, 7) is 0.823. The van der Waals surface area contributed by atoms with Gasteiger partial charge in [-0.3, -0.25) is 0 Å². The van der Waals surface area contributed by atoms with Gasteiger partial charge in [-0.05, 0) is 41.0 Å². The summed E-state index contributed by atoms with van der Waals surface area (Å²) in [6.07, 6.45) is 7.07. The fourth-order valence-electron chi connectivity index (χ4n) is 2.46. The van der Waals surface area contributed by atoms with Crippen molar-refractivity contribution in [3.05, 3.63) is 66.3 Å². The molecular formula is C19H18NO2. The first kappa shape index (κ1) is 14.3. The van der Waals surface area contributed by atoms with Crippen molar-refractivity contribution in [1.82, 2.24) is 5.32 Å². The zero-order valence-electron chi connectivity index (χ0n) is 12.7. The van der Waals surface area contributed by atoms with Crippen LogP contribution in [0.25, 0.3) is 16.8 Å². The maximum atomic E-state index is 5.36. The van der Waals surface area contributed by atoms with Gasteiger partial charge in [0.15, 0.2) is 11.5 Å². The topological polar surface area (TPSA) is 30.5 Å². The molecule has 3 heteroatoms. The van der Waals surface area contributed by atoms with Crippen LogP contribution in [0.4, 0.5) is 0 Å². The Balaban J connectivity index is 1.89. The fourth-order valence-corrected chi connectivity index (χ4v) is 2.46. The van der Waals surface area contributed by atoms with Gasteiger partial charge in [-0.15, -0.1) is 0 Å². The van der Waals surface area contributed by atoms with E-state index in [9.17, 15) is 0 Å². The van der Waals surface area contributed by atoms with Gasteiger partial charge in [-0.1, -0.05) is 36.4 Å². The zero-order chi connectivity index (χ0) is 15.4. The minimum atomic E-state index is 0.737. The van der Waals surface area contributed by atoms with Gasteiger partial charge in [0.25, 0.3) is 0 Å². The van der Waals surface area contributed by atoms with Crippen molar-refractivity contribution in [2.75, 3.05) is 20.8 Å². The van der Waals surface area contributed by atoms with Crippen molar-refractivity contribution in [2.45, 2.75) is 0 Å². The van der Waals surface area contributed by atoms with E-state index in [4.69, 9.17) is 9.47 Å². The maximum Gasteiger partial charge on any atom is 0.161 e. The number of nitrogens with one attached hydrogen (secondary N) is 1. The van der Waals surface area contributed by atoms with E-state index in [-0.39, 0.29) is 0 Å². The Morgan fingerprint density at radius 3 is 2.18 bits per heavy atom. The van der Waals surface area contributed by atoms with Crippen LogP contribution in [0, 0.1) is 6.08 Å². The molecule has 0 aliphatic carbocycles. The van der Waals surface area contributed by atoms with E-state index in [1.54, 1.807) is 14.2 Å². The summed E-state index contributed by atoms with van der Waals surface area (Å²) < 4.78 is 10.6. The van der Waals surface area contributed by atoms with Crippen LogP contribution in [0.3, 0.4) is 0 Å². The van der Waals surface area contributed by atoms with E-state index in [1.165, 1.54) is 0 Å². The third-order valence-corrected chi connectivity index (χ3v) is 3.65. The standard InChI is InChI=1S/C19H18NO2/c1-21-18-11-10-16(13-19(18)22-2)14-6-8-15(9-7-14)17-5-3-4-12-20-17/h4-11,13,20H,12H2,1-2H3. The first-order valence-electron chi connectivity index (χ1n) is 7.16. The predicted octanol–water partition coefficient (Wildman–Crippen LogP) is 3.67. The highest BCUT2D eigenvalue weighted by atomic mass is 16.5. The Kier molecular flexibility index (Phi) is 4.15. The molecule has 111 valence electrons. The molecule has 0 aromatic heterocycles. The molecule has 1 N–H and O–H groups in total. The number of ether oxygens (including phenoxy) is 2. The van der Waals surface area contributed by atoms with E-state index in [2.05, 4.69) is 35.7 Å². The highest BCUT2D eigenvalue weighted by Gasteiger charge is 2.07. The largest absolute Gasteiger partial charge is 0.493 e. The molecule has 0 saturated heterocycles. The summed E-state index contributed by atoms with van der Waals surface area (Å²) in [7, 11) is 3.29. The molecule has 0 bridgehead atoms. The molecule has 0 fully saturated rings. The first-order valence-corrected chi connectivity index (χ1v) is 7.16. The first-order chi connectivity index (χ1) is 10.8. The van der Waals surface area contributed by atoms with Gasteiger partial charge in [0.1, 0.15) is 0 Å².